The summed E-state index contributed by atoms with van der Waals surface area (Å²) < 4.78 is 0. The SMILES string of the molecule is CC1C(=O)NC(Cc2ccccc2)C(=O)N1Cc1ccc(C=O)c(-c2ccccc2)c1. The molecule has 1 saturated heterocycles. The van der Waals surface area contributed by atoms with Gasteiger partial charge < -0.3 is 10.2 Å². The van der Waals surface area contributed by atoms with Gasteiger partial charge in [0.25, 0.3) is 0 Å². The maximum Gasteiger partial charge on any atom is 0.246 e. The van der Waals surface area contributed by atoms with Crippen LogP contribution < -0.4 is 5.32 Å². The van der Waals surface area contributed by atoms with Gasteiger partial charge in [0.2, 0.25) is 11.8 Å². The van der Waals surface area contributed by atoms with Crippen molar-refractivity contribution in [2.75, 3.05) is 0 Å². The fourth-order valence-electron chi connectivity index (χ4n) is 3.96. The Morgan fingerprint density at radius 2 is 1.58 bits per heavy atom. The van der Waals surface area contributed by atoms with Gasteiger partial charge in [-0.3, -0.25) is 14.4 Å². The standard InChI is InChI=1S/C26H24N2O3/c1-18-25(30)27-24(15-19-8-4-2-5-9-19)26(31)28(18)16-20-12-13-22(17-29)23(14-20)21-10-6-3-7-11-21/h2-14,17-18,24H,15-16H2,1H3,(H,27,30). The van der Waals surface area contributed by atoms with Crippen molar-refractivity contribution in [3.63, 3.8) is 0 Å². The van der Waals surface area contributed by atoms with Crippen LogP contribution in [0.3, 0.4) is 0 Å². The first-order chi connectivity index (χ1) is 15.1. The van der Waals surface area contributed by atoms with Crippen LogP contribution in [0.2, 0.25) is 0 Å². The van der Waals surface area contributed by atoms with Gasteiger partial charge in [-0.25, -0.2) is 0 Å². The van der Waals surface area contributed by atoms with E-state index in [1.165, 1.54) is 0 Å². The summed E-state index contributed by atoms with van der Waals surface area (Å²) in [6, 6.07) is 23.7. The van der Waals surface area contributed by atoms with Crippen LogP contribution in [0.4, 0.5) is 0 Å². The summed E-state index contributed by atoms with van der Waals surface area (Å²) in [5.74, 6) is -0.259. The van der Waals surface area contributed by atoms with Crippen molar-refractivity contribution in [3.05, 3.63) is 95.6 Å². The lowest BCUT2D eigenvalue weighted by atomic mass is 9.96. The largest absolute Gasteiger partial charge is 0.342 e. The van der Waals surface area contributed by atoms with Crippen LogP contribution in [0.5, 0.6) is 0 Å². The zero-order valence-corrected chi connectivity index (χ0v) is 17.3. The summed E-state index contributed by atoms with van der Waals surface area (Å²) in [6.07, 6.45) is 1.29. The topological polar surface area (TPSA) is 66.5 Å². The van der Waals surface area contributed by atoms with Crippen molar-refractivity contribution in [1.29, 1.82) is 0 Å². The minimum Gasteiger partial charge on any atom is -0.342 e. The first-order valence-electron chi connectivity index (χ1n) is 10.3. The molecule has 0 bridgehead atoms. The van der Waals surface area contributed by atoms with Gasteiger partial charge in [0.05, 0.1) is 0 Å². The number of benzene rings is 3. The molecular formula is C26H24N2O3. The lowest BCUT2D eigenvalue weighted by Gasteiger charge is -2.37. The van der Waals surface area contributed by atoms with Crippen LogP contribution >= 0.6 is 0 Å². The molecule has 1 fully saturated rings. The molecule has 2 atom stereocenters. The number of amides is 2. The van der Waals surface area contributed by atoms with Gasteiger partial charge in [-0.2, -0.15) is 0 Å². The minimum atomic E-state index is -0.589. The molecule has 31 heavy (non-hydrogen) atoms. The highest BCUT2D eigenvalue weighted by atomic mass is 16.2. The van der Waals surface area contributed by atoms with Crippen molar-refractivity contribution in [1.82, 2.24) is 10.2 Å². The van der Waals surface area contributed by atoms with E-state index in [1.807, 2.05) is 72.8 Å². The number of aldehydes is 1. The number of nitrogens with zero attached hydrogens (tertiary/aromatic N) is 1. The maximum atomic E-state index is 13.2. The van der Waals surface area contributed by atoms with Crippen molar-refractivity contribution in [2.24, 2.45) is 0 Å². The highest BCUT2D eigenvalue weighted by Gasteiger charge is 2.38. The van der Waals surface area contributed by atoms with Crippen LogP contribution in [-0.2, 0) is 22.6 Å². The van der Waals surface area contributed by atoms with Crippen LogP contribution in [0.15, 0.2) is 78.9 Å². The van der Waals surface area contributed by atoms with E-state index in [4.69, 9.17) is 0 Å². The summed E-state index contributed by atoms with van der Waals surface area (Å²) in [7, 11) is 0. The molecule has 3 aromatic carbocycles. The van der Waals surface area contributed by atoms with Gasteiger partial charge in [-0.15, -0.1) is 0 Å². The van der Waals surface area contributed by atoms with E-state index < -0.39 is 12.1 Å². The molecule has 2 unspecified atom stereocenters. The Bertz CT molecular complexity index is 1100. The number of hydrogen-bond donors (Lipinski definition) is 1. The Balaban J connectivity index is 1.60. The lowest BCUT2D eigenvalue weighted by Crippen LogP contribution is -2.62. The molecule has 2 amide bonds. The number of rotatable bonds is 6. The smallest absolute Gasteiger partial charge is 0.246 e. The average molecular weight is 412 g/mol. The lowest BCUT2D eigenvalue weighted by molar-refractivity contribution is -0.149. The zero-order chi connectivity index (χ0) is 21.8. The van der Waals surface area contributed by atoms with E-state index >= 15 is 0 Å². The molecule has 0 spiro atoms. The quantitative estimate of drug-likeness (QED) is 0.629. The molecular weight excluding hydrogens is 388 g/mol. The van der Waals surface area contributed by atoms with Crippen LogP contribution in [0.25, 0.3) is 11.1 Å². The number of hydrogen-bond acceptors (Lipinski definition) is 3. The molecule has 1 N–H and O–H groups in total. The minimum absolute atomic E-state index is 0.100. The molecule has 0 saturated carbocycles. The van der Waals surface area contributed by atoms with Gasteiger partial charge in [-0.05, 0) is 35.2 Å². The van der Waals surface area contributed by atoms with Gasteiger partial charge in [0.15, 0.2) is 6.29 Å². The van der Waals surface area contributed by atoms with Gasteiger partial charge in [0.1, 0.15) is 12.1 Å². The van der Waals surface area contributed by atoms with E-state index in [2.05, 4.69) is 5.32 Å². The second kappa shape index (κ2) is 8.96. The number of carbonyl (C=O) groups excluding carboxylic acids is 3. The summed E-state index contributed by atoms with van der Waals surface area (Å²) in [4.78, 5) is 39.0. The third kappa shape index (κ3) is 4.40. The summed E-state index contributed by atoms with van der Waals surface area (Å²) >= 11 is 0. The summed E-state index contributed by atoms with van der Waals surface area (Å²) in [6.45, 7) is 2.04. The summed E-state index contributed by atoms with van der Waals surface area (Å²) in [5, 5.41) is 2.86. The highest BCUT2D eigenvalue weighted by molar-refractivity contribution is 5.97. The van der Waals surface area contributed by atoms with E-state index in [0.717, 1.165) is 28.5 Å². The Kier molecular flexibility index (Phi) is 5.94. The number of piperazine rings is 1. The predicted octanol–water partition coefficient (Wildman–Crippen LogP) is 3.62. The molecule has 0 aliphatic carbocycles. The maximum absolute atomic E-state index is 13.2. The van der Waals surface area contributed by atoms with Crippen LogP contribution in [0, 0.1) is 0 Å². The second-order valence-electron chi connectivity index (χ2n) is 7.80. The van der Waals surface area contributed by atoms with E-state index in [-0.39, 0.29) is 11.8 Å². The zero-order valence-electron chi connectivity index (χ0n) is 17.3. The molecule has 5 nitrogen and oxygen atoms in total. The monoisotopic (exact) mass is 412 g/mol. The highest BCUT2D eigenvalue weighted by Crippen LogP contribution is 2.26. The third-order valence-electron chi connectivity index (χ3n) is 5.71. The molecule has 0 radical (unpaired) electrons. The first-order valence-corrected chi connectivity index (χ1v) is 10.3. The Morgan fingerprint density at radius 1 is 0.903 bits per heavy atom. The Morgan fingerprint density at radius 3 is 2.26 bits per heavy atom. The fraction of sp³-hybridized carbons (Fsp3) is 0.192. The third-order valence-corrected chi connectivity index (χ3v) is 5.71. The molecule has 4 rings (SSSR count). The van der Waals surface area contributed by atoms with E-state index in [0.29, 0.717) is 18.5 Å². The molecule has 1 aliphatic heterocycles. The van der Waals surface area contributed by atoms with Gasteiger partial charge in [-0.1, -0.05) is 72.8 Å². The molecule has 5 heteroatoms. The fourth-order valence-corrected chi connectivity index (χ4v) is 3.96. The molecule has 156 valence electrons. The van der Waals surface area contributed by atoms with Gasteiger partial charge >= 0.3 is 0 Å². The van der Waals surface area contributed by atoms with Crippen molar-refractivity contribution < 1.29 is 14.4 Å². The van der Waals surface area contributed by atoms with E-state index in [9.17, 15) is 14.4 Å². The van der Waals surface area contributed by atoms with E-state index in [1.54, 1.807) is 17.9 Å². The number of nitrogens with one attached hydrogen (secondary N) is 1. The molecule has 0 aromatic heterocycles. The second-order valence-corrected chi connectivity index (χ2v) is 7.80. The predicted molar refractivity (Wildman–Crippen MR) is 119 cm³/mol. The Labute approximate surface area is 181 Å². The number of carbonyl (C=O) groups is 3. The van der Waals surface area contributed by atoms with Crippen LogP contribution in [0.1, 0.15) is 28.4 Å². The average Bonchev–Trinajstić information content (AvgIpc) is 2.81. The summed E-state index contributed by atoms with van der Waals surface area (Å²) in [5.41, 5.74) is 4.21. The van der Waals surface area contributed by atoms with Crippen molar-refractivity contribution >= 4 is 18.1 Å². The molecule has 1 aliphatic rings. The van der Waals surface area contributed by atoms with Crippen LogP contribution in [-0.4, -0.2) is 35.1 Å². The van der Waals surface area contributed by atoms with Crippen molar-refractivity contribution in [3.8, 4) is 11.1 Å². The normalized spacial score (nSPS) is 18.5. The van der Waals surface area contributed by atoms with Gasteiger partial charge in [0, 0.05) is 18.5 Å². The Hall–Kier alpha value is -3.73. The molecule has 1 heterocycles. The van der Waals surface area contributed by atoms with Crippen molar-refractivity contribution in [2.45, 2.75) is 32.0 Å². The first kappa shape index (κ1) is 20.5. The molecule has 3 aromatic rings.